The quantitative estimate of drug-likeness (QED) is 0.551. The van der Waals surface area contributed by atoms with Gasteiger partial charge in [-0.25, -0.2) is 13.8 Å². The third-order valence-electron chi connectivity index (χ3n) is 5.72. The zero-order valence-electron chi connectivity index (χ0n) is 19.1. The van der Waals surface area contributed by atoms with Crippen LogP contribution in [0.25, 0.3) is 11.0 Å². The minimum atomic E-state index is -0.997. The Balaban J connectivity index is 1.42. The minimum absolute atomic E-state index is 0.116. The highest BCUT2D eigenvalue weighted by Gasteiger charge is 2.26. The summed E-state index contributed by atoms with van der Waals surface area (Å²) < 4.78 is 34.2. The first kappa shape index (κ1) is 23.8. The lowest BCUT2D eigenvalue weighted by Crippen LogP contribution is -2.41. The smallest absolute Gasteiger partial charge is 0.247 e. The Bertz CT molecular complexity index is 1170. The van der Waals surface area contributed by atoms with Gasteiger partial charge in [-0.1, -0.05) is 13.8 Å². The van der Waals surface area contributed by atoms with Gasteiger partial charge in [-0.3, -0.25) is 14.5 Å². The number of ether oxygens (including phenoxy) is 1. The molecule has 1 fully saturated rings. The van der Waals surface area contributed by atoms with E-state index < -0.39 is 17.7 Å². The lowest BCUT2D eigenvalue weighted by atomic mass is 10.0. The van der Waals surface area contributed by atoms with E-state index in [4.69, 9.17) is 4.74 Å². The van der Waals surface area contributed by atoms with Crippen molar-refractivity contribution >= 4 is 34.2 Å². The SMILES string of the molecule is CC(C)C(C(=O)Nc1ccc(NC(=O)CN2CCOCC2)cc1)n1cnc2cc(F)c(F)cc21. The molecule has 2 aromatic carbocycles. The number of anilines is 2. The number of imidazole rings is 1. The molecule has 8 nitrogen and oxygen atoms in total. The number of hydrogen-bond donors (Lipinski definition) is 2. The molecular formula is C24H27F2N5O3. The van der Waals surface area contributed by atoms with Crippen LogP contribution in [0.2, 0.25) is 0 Å². The van der Waals surface area contributed by atoms with E-state index in [1.165, 1.54) is 6.33 Å². The molecule has 180 valence electrons. The summed E-state index contributed by atoms with van der Waals surface area (Å²) in [5.41, 5.74) is 1.78. The lowest BCUT2D eigenvalue weighted by Gasteiger charge is -2.25. The second kappa shape index (κ2) is 10.3. The lowest BCUT2D eigenvalue weighted by molar-refractivity contribution is -0.120. The van der Waals surface area contributed by atoms with Crippen LogP contribution in [-0.2, 0) is 14.3 Å². The summed E-state index contributed by atoms with van der Waals surface area (Å²) in [6.45, 7) is 6.72. The van der Waals surface area contributed by atoms with Gasteiger partial charge in [0.15, 0.2) is 11.6 Å². The summed E-state index contributed by atoms with van der Waals surface area (Å²) >= 11 is 0. The molecule has 4 rings (SSSR count). The van der Waals surface area contributed by atoms with Crippen LogP contribution in [0.4, 0.5) is 20.2 Å². The fourth-order valence-corrected chi connectivity index (χ4v) is 4.01. The maximum absolute atomic E-state index is 13.8. The number of carbonyl (C=O) groups excluding carboxylic acids is 2. The first-order valence-corrected chi connectivity index (χ1v) is 11.1. The Kier molecular flexibility index (Phi) is 7.18. The number of hydrogen-bond acceptors (Lipinski definition) is 5. The van der Waals surface area contributed by atoms with Gasteiger partial charge in [-0.05, 0) is 30.2 Å². The molecule has 1 aromatic heterocycles. The van der Waals surface area contributed by atoms with E-state index in [9.17, 15) is 18.4 Å². The zero-order chi connectivity index (χ0) is 24.2. The molecule has 1 aliphatic rings. The molecular weight excluding hydrogens is 444 g/mol. The van der Waals surface area contributed by atoms with E-state index in [0.29, 0.717) is 36.6 Å². The average Bonchev–Trinajstić information content (AvgIpc) is 3.18. The fraction of sp³-hybridized carbons (Fsp3) is 0.375. The van der Waals surface area contributed by atoms with Crippen molar-refractivity contribution < 1.29 is 23.1 Å². The van der Waals surface area contributed by atoms with Gasteiger partial charge < -0.3 is 19.9 Å². The summed E-state index contributed by atoms with van der Waals surface area (Å²) in [5, 5.41) is 5.71. The van der Waals surface area contributed by atoms with E-state index in [0.717, 1.165) is 25.2 Å². The summed E-state index contributed by atoms with van der Waals surface area (Å²) in [5.74, 6) is -2.56. The van der Waals surface area contributed by atoms with Gasteiger partial charge in [0.1, 0.15) is 6.04 Å². The molecule has 0 saturated carbocycles. The Morgan fingerprint density at radius 2 is 1.65 bits per heavy atom. The highest BCUT2D eigenvalue weighted by molar-refractivity contribution is 5.96. The molecule has 1 unspecified atom stereocenters. The molecule has 0 aliphatic carbocycles. The van der Waals surface area contributed by atoms with Crippen molar-refractivity contribution in [3.8, 4) is 0 Å². The molecule has 2 N–H and O–H groups in total. The predicted octanol–water partition coefficient (Wildman–Crippen LogP) is 3.42. The number of halogens is 2. The number of nitrogens with one attached hydrogen (secondary N) is 2. The van der Waals surface area contributed by atoms with E-state index in [1.54, 1.807) is 28.8 Å². The highest BCUT2D eigenvalue weighted by atomic mass is 19.2. The Morgan fingerprint density at radius 1 is 1.03 bits per heavy atom. The van der Waals surface area contributed by atoms with E-state index >= 15 is 0 Å². The van der Waals surface area contributed by atoms with Gasteiger partial charge in [-0.15, -0.1) is 0 Å². The molecule has 3 aromatic rings. The first-order valence-electron chi connectivity index (χ1n) is 11.1. The van der Waals surface area contributed by atoms with Crippen molar-refractivity contribution in [2.75, 3.05) is 43.5 Å². The number of carbonyl (C=O) groups is 2. The summed E-state index contributed by atoms with van der Waals surface area (Å²) in [6, 6.07) is 8.19. The van der Waals surface area contributed by atoms with Crippen LogP contribution in [-0.4, -0.2) is 59.1 Å². The van der Waals surface area contributed by atoms with Gasteiger partial charge >= 0.3 is 0 Å². The standard InChI is InChI=1S/C24H27F2N5O3/c1-15(2)23(31-14-27-20-11-18(25)19(26)12-21(20)31)24(33)29-17-5-3-16(4-6-17)28-22(32)13-30-7-9-34-10-8-30/h3-6,11-12,14-15,23H,7-10,13H2,1-2H3,(H,28,32)(H,29,33). The Labute approximate surface area is 195 Å². The molecule has 2 amide bonds. The third-order valence-corrected chi connectivity index (χ3v) is 5.72. The van der Waals surface area contributed by atoms with Crippen LogP contribution in [0, 0.1) is 17.6 Å². The fourth-order valence-electron chi connectivity index (χ4n) is 4.01. The number of fused-ring (bicyclic) bond motifs is 1. The maximum Gasteiger partial charge on any atom is 0.247 e. The van der Waals surface area contributed by atoms with Crippen LogP contribution in [0.5, 0.6) is 0 Å². The molecule has 0 spiro atoms. The van der Waals surface area contributed by atoms with Gasteiger partial charge in [0.05, 0.1) is 37.1 Å². The first-order chi connectivity index (χ1) is 16.3. The number of morpholine rings is 1. The summed E-state index contributed by atoms with van der Waals surface area (Å²) in [6.07, 6.45) is 1.42. The molecule has 0 bridgehead atoms. The Morgan fingerprint density at radius 3 is 2.29 bits per heavy atom. The van der Waals surface area contributed by atoms with Gasteiger partial charge in [0, 0.05) is 36.6 Å². The van der Waals surface area contributed by atoms with E-state index in [2.05, 4.69) is 15.6 Å². The van der Waals surface area contributed by atoms with Crippen molar-refractivity contribution in [3.63, 3.8) is 0 Å². The molecule has 1 aliphatic heterocycles. The predicted molar refractivity (Wildman–Crippen MR) is 124 cm³/mol. The van der Waals surface area contributed by atoms with Crippen LogP contribution in [0.15, 0.2) is 42.7 Å². The molecule has 1 atom stereocenters. The van der Waals surface area contributed by atoms with Crippen LogP contribution >= 0.6 is 0 Å². The highest BCUT2D eigenvalue weighted by Crippen LogP contribution is 2.27. The third kappa shape index (κ3) is 5.40. The number of nitrogens with zero attached hydrogens (tertiary/aromatic N) is 3. The number of benzene rings is 2. The number of rotatable bonds is 7. The minimum Gasteiger partial charge on any atom is -0.379 e. The average molecular weight is 472 g/mol. The summed E-state index contributed by atoms with van der Waals surface area (Å²) in [7, 11) is 0. The molecule has 34 heavy (non-hydrogen) atoms. The molecule has 2 heterocycles. The second-order valence-corrected chi connectivity index (χ2v) is 8.60. The van der Waals surface area contributed by atoms with Crippen molar-refractivity contribution in [1.82, 2.24) is 14.5 Å². The maximum atomic E-state index is 13.8. The largest absolute Gasteiger partial charge is 0.379 e. The van der Waals surface area contributed by atoms with Crippen LogP contribution in [0.3, 0.4) is 0 Å². The van der Waals surface area contributed by atoms with Crippen molar-refractivity contribution in [1.29, 1.82) is 0 Å². The number of amides is 2. The van der Waals surface area contributed by atoms with Crippen molar-refractivity contribution in [2.24, 2.45) is 5.92 Å². The monoisotopic (exact) mass is 471 g/mol. The van der Waals surface area contributed by atoms with Crippen LogP contribution in [0.1, 0.15) is 19.9 Å². The molecule has 1 saturated heterocycles. The Hall–Kier alpha value is -3.37. The van der Waals surface area contributed by atoms with Crippen molar-refractivity contribution in [3.05, 3.63) is 54.4 Å². The van der Waals surface area contributed by atoms with Crippen molar-refractivity contribution in [2.45, 2.75) is 19.9 Å². The van der Waals surface area contributed by atoms with Gasteiger partial charge in [0.25, 0.3) is 0 Å². The second-order valence-electron chi connectivity index (χ2n) is 8.60. The normalized spacial score (nSPS) is 15.4. The zero-order valence-corrected chi connectivity index (χ0v) is 19.1. The number of aromatic nitrogens is 2. The van der Waals surface area contributed by atoms with Gasteiger partial charge in [0.2, 0.25) is 11.8 Å². The van der Waals surface area contributed by atoms with Gasteiger partial charge in [-0.2, -0.15) is 0 Å². The summed E-state index contributed by atoms with van der Waals surface area (Å²) in [4.78, 5) is 31.5. The topological polar surface area (TPSA) is 88.5 Å². The van der Waals surface area contributed by atoms with Crippen LogP contribution < -0.4 is 10.6 Å². The molecule has 10 heteroatoms. The van der Waals surface area contributed by atoms with E-state index in [1.807, 2.05) is 18.7 Å². The van der Waals surface area contributed by atoms with E-state index in [-0.39, 0.29) is 23.2 Å². The molecule has 0 radical (unpaired) electrons.